The van der Waals surface area contributed by atoms with Gasteiger partial charge in [0.2, 0.25) is 5.91 Å². The van der Waals surface area contributed by atoms with Crippen molar-refractivity contribution >= 4 is 23.6 Å². The number of piperidine rings is 1. The summed E-state index contributed by atoms with van der Waals surface area (Å²) in [6.07, 6.45) is 1.25. The molecule has 0 saturated carbocycles. The highest BCUT2D eigenvalue weighted by Gasteiger charge is 2.33. The van der Waals surface area contributed by atoms with E-state index in [1.807, 2.05) is 63.8 Å². The molecule has 2 amide bonds. The van der Waals surface area contributed by atoms with Crippen molar-refractivity contribution in [3.05, 3.63) is 34.9 Å². The summed E-state index contributed by atoms with van der Waals surface area (Å²) in [4.78, 5) is 29.1. The van der Waals surface area contributed by atoms with Crippen LogP contribution in [-0.4, -0.2) is 46.5 Å². The van der Waals surface area contributed by atoms with Crippen molar-refractivity contribution in [3.63, 3.8) is 0 Å². The van der Waals surface area contributed by atoms with E-state index in [4.69, 9.17) is 16.3 Å². The van der Waals surface area contributed by atoms with Gasteiger partial charge in [-0.3, -0.25) is 4.79 Å². The fourth-order valence-electron chi connectivity index (χ4n) is 3.25. The number of carbonyl (C=O) groups excluding carboxylic acids is 2. The molecule has 0 aliphatic carbocycles. The Labute approximate surface area is 167 Å². The third kappa shape index (κ3) is 6.42. The molecule has 1 saturated heterocycles. The average Bonchev–Trinajstić information content (AvgIpc) is 2.57. The molecule has 1 atom stereocenters. The molecule has 1 aromatic carbocycles. The van der Waals surface area contributed by atoms with E-state index < -0.39 is 5.60 Å². The normalized spacial score (nSPS) is 17.7. The Morgan fingerprint density at radius 1 is 1.33 bits per heavy atom. The summed E-state index contributed by atoms with van der Waals surface area (Å²) in [5, 5.41) is 0.664. The van der Waals surface area contributed by atoms with Gasteiger partial charge in [-0.2, -0.15) is 0 Å². The molecule has 1 fully saturated rings. The summed E-state index contributed by atoms with van der Waals surface area (Å²) in [6, 6.07) is 7.65. The molecule has 1 heterocycles. The van der Waals surface area contributed by atoms with Crippen LogP contribution in [0.2, 0.25) is 5.02 Å². The number of hydrogen-bond donors (Lipinski definition) is 0. The van der Waals surface area contributed by atoms with E-state index in [1.54, 1.807) is 4.90 Å². The molecule has 0 aromatic heterocycles. The third-order valence-electron chi connectivity index (χ3n) is 4.57. The van der Waals surface area contributed by atoms with E-state index in [0.29, 0.717) is 24.7 Å². The first-order valence-corrected chi connectivity index (χ1v) is 9.97. The fourth-order valence-corrected chi connectivity index (χ4v) is 3.47. The fraction of sp³-hybridized carbons (Fsp3) is 0.619. The van der Waals surface area contributed by atoms with Crippen molar-refractivity contribution < 1.29 is 14.3 Å². The summed E-state index contributed by atoms with van der Waals surface area (Å²) in [5.74, 6) is -0.119. The van der Waals surface area contributed by atoms with Crippen LogP contribution in [0.4, 0.5) is 4.79 Å². The zero-order chi connectivity index (χ0) is 20.2. The second kappa shape index (κ2) is 8.96. The zero-order valence-electron chi connectivity index (χ0n) is 17.0. The van der Waals surface area contributed by atoms with Gasteiger partial charge in [0.1, 0.15) is 5.60 Å². The highest BCUT2D eigenvalue weighted by atomic mass is 35.5. The summed E-state index contributed by atoms with van der Waals surface area (Å²) in [5.41, 5.74) is 0.467. The van der Waals surface area contributed by atoms with Crippen LogP contribution in [0.1, 0.15) is 53.0 Å². The van der Waals surface area contributed by atoms with Crippen LogP contribution in [0.3, 0.4) is 0 Å². The lowest BCUT2D eigenvalue weighted by molar-refractivity contribution is -0.139. The maximum absolute atomic E-state index is 13.2. The summed E-state index contributed by atoms with van der Waals surface area (Å²) in [6.45, 7) is 11.1. The molecule has 27 heavy (non-hydrogen) atoms. The number of hydrogen-bond acceptors (Lipinski definition) is 3. The Kier molecular flexibility index (Phi) is 7.15. The number of benzene rings is 1. The molecule has 0 bridgehead atoms. The maximum Gasteiger partial charge on any atom is 0.410 e. The topological polar surface area (TPSA) is 49.9 Å². The second-order valence-corrected chi connectivity index (χ2v) is 8.89. The number of carbonyl (C=O) groups is 2. The van der Waals surface area contributed by atoms with Gasteiger partial charge in [0.25, 0.3) is 0 Å². The molecule has 0 N–H and O–H groups in total. The Bertz CT molecular complexity index is 670. The molecule has 1 aromatic rings. The molecule has 2 rings (SSSR count). The Balaban J connectivity index is 2.07. The molecular formula is C21H31ClN2O3. The van der Waals surface area contributed by atoms with Crippen LogP contribution in [-0.2, 0) is 16.1 Å². The minimum Gasteiger partial charge on any atom is -0.444 e. The van der Waals surface area contributed by atoms with Gasteiger partial charge < -0.3 is 14.5 Å². The van der Waals surface area contributed by atoms with Crippen LogP contribution in [0, 0.1) is 5.92 Å². The van der Waals surface area contributed by atoms with E-state index in [-0.39, 0.29) is 24.0 Å². The minimum absolute atomic E-state index is 0.0633. The first-order chi connectivity index (χ1) is 12.6. The van der Waals surface area contributed by atoms with Crippen molar-refractivity contribution in [1.82, 2.24) is 9.80 Å². The lowest BCUT2D eigenvalue weighted by atomic mass is 9.96. The van der Waals surface area contributed by atoms with Crippen molar-refractivity contribution in [3.8, 4) is 0 Å². The number of ether oxygens (including phenoxy) is 1. The number of amides is 2. The summed E-state index contributed by atoms with van der Waals surface area (Å²) < 4.78 is 5.47. The molecule has 0 radical (unpaired) electrons. The van der Waals surface area contributed by atoms with E-state index in [0.717, 1.165) is 18.4 Å². The molecule has 6 heteroatoms. The number of nitrogens with zero attached hydrogens (tertiary/aromatic N) is 2. The quantitative estimate of drug-likeness (QED) is 0.742. The molecule has 1 aliphatic rings. The highest BCUT2D eigenvalue weighted by Crippen LogP contribution is 2.23. The van der Waals surface area contributed by atoms with Gasteiger partial charge in [-0.15, -0.1) is 0 Å². The monoisotopic (exact) mass is 394 g/mol. The van der Waals surface area contributed by atoms with Gasteiger partial charge in [0.15, 0.2) is 0 Å². The predicted octanol–water partition coefficient (Wildman–Crippen LogP) is 4.72. The number of likely N-dealkylation sites (tertiary alicyclic amines) is 1. The summed E-state index contributed by atoms with van der Waals surface area (Å²) in [7, 11) is 0. The van der Waals surface area contributed by atoms with Gasteiger partial charge >= 0.3 is 6.09 Å². The number of rotatable bonds is 4. The molecule has 0 spiro atoms. The highest BCUT2D eigenvalue weighted by molar-refractivity contribution is 6.30. The predicted molar refractivity (Wildman–Crippen MR) is 108 cm³/mol. The molecule has 0 unspecified atom stereocenters. The Hall–Kier alpha value is -1.75. The van der Waals surface area contributed by atoms with Crippen molar-refractivity contribution in [2.45, 2.75) is 65.6 Å². The third-order valence-corrected chi connectivity index (χ3v) is 4.81. The molecule has 5 nitrogen and oxygen atoms in total. The maximum atomic E-state index is 13.2. The largest absolute Gasteiger partial charge is 0.444 e. The van der Waals surface area contributed by atoms with Crippen molar-refractivity contribution in [2.24, 2.45) is 5.92 Å². The van der Waals surface area contributed by atoms with Crippen LogP contribution >= 0.6 is 11.6 Å². The van der Waals surface area contributed by atoms with E-state index in [1.165, 1.54) is 0 Å². The van der Waals surface area contributed by atoms with E-state index in [2.05, 4.69) is 0 Å². The van der Waals surface area contributed by atoms with Gasteiger partial charge in [-0.25, -0.2) is 4.79 Å². The average molecular weight is 395 g/mol. The van der Waals surface area contributed by atoms with Gasteiger partial charge in [-0.05, 0) is 65.2 Å². The van der Waals surface area contributed by atoms with Gasteiger partial charge in [0, 0.05) is 30.7 Å². The second-order valence-electron chi connectivity index (χ2n) is 8.46. The number of halogens is 1. The Morgan fingerprint density at radius 2 is 2.04 bits per heavy atom. The minimum atomic E-state index is -0.537. The lowest BCUT2D eigenvalue weighted by Gasteiger charge is -2.37. The SMILES string of the molecule is CC(C)N(Cc1cccc(Cl)c1)C(=O)[C@H]1CCCN(C(=O)OC(C)(C)C)C1. The van der Waals surface area contributed by atoms with E-state index >= 15 is 0 Å². The first kappa shape index (κ1) is 21.5. The van der Waals surface area contributed by atoms with Crippen molar-refractivity contribution in [1.29, 1.82) is 0 Å². The van der Waals surface area contributed by atoms with Crippen LogP contribution < -0.4 is 0 Å². The summed E-state index contributed by atoms with van der Waals surface area (Å²) >= 11 is 6.08. The van der Waals surface area contributed by atoms with Crippen molar-refractivity contribution in [2.75, 3.05) is 13.1 Å². The van der Waals surface area contributed by atoms with Crippen LogP contribution in [0.5, 0.6) is 0 Å². The smallest absolute Gasteiger partial charge is 0.410 e. The van der Waals surface area contributed by atoms with Crippen LogP contribution in [0.15, 0.2) is 24.3 Å². The zero-order valence-corrected chi connectivity index (χ0v) is 17.8. The van der Waals surface area contributed by atoms with Gasteiger partial charge in [-0.1, -0.05) is 23.7 Å². The van der Waals surface area contributed by atoms with Gasteiger partial charge in [0.05, 0.1) is 5.92 Å². The van der Waals surface area contributed by atoms with Crippen LogP contribution in [0.25, 0.3) is 0 Å². The molecular weight excluding hydrogens is 364 g/mol. The van der Waals surface area contributed by atoms with E-state index in [9.17, 15) is 9.59 Å². The Morgan fingerprint density at radius 3 is 2.63 bits per heavy atom. The molecule has 1 aliphatic heterocycles. The standard InChI is InChI=1S/C21H31ClN2O3/c1-15(2)24(13-16-8-6-10-18(22)12-16)19(25)17-9-7-11-23(14-17)20(26)27-21(3,4)5/h6,8,10,12,15,17H,7,9,11,13-14H2,1-5H3/t17-/m0/s1. The lowest BCUT2D eigenvalue weighted by Crippen LogP contribution is -2.49. The first-order valence-electron chi connectivity index (χ1n) is 9.59. The molecule has 150 valence electrons.